The van der Waals surface area contributed by atoms with Crippen LogP contribution in [0.5, 0.6) is 0 Å². The molecule has 3 heterocycles. The highest BCUT2D eigenvalue weighted by molar-refractivity contribution is 6.03. The fourth-order valence-electron chi connectivity index (χ4n) is 3.67. The Morgan fingerprint density at radius 2 is 1.97 bits per heavy atom. The molecule has 0 bridgehead atoms. The molecule has 0 saturated carbocycles. The summed E-state index contributed by atoms with van der Waals surface area (Å²) in [5.41, 5.74) is 5.10. The standard InChI is InChI=1S/C22H25N5O2/c1-14-6-7-17-16(12-14)21-19(13-23-17)26(4)22(28)27(21)18-8-9-20(24-15(18)2)25(3)10-11-29-5/h6-9,12-13H,10-11H2,1-5H3. The van der Waals surface area contributed by atoms with E-state index in [-0.39, 0.29) is 5.69 Å². The Bertz CT molecular complexity index is 1270. The van der Waals surface area contributed by atoms with Gasteiger partial charge in [0.05, 0.1) is 40.7 Å². The minimum Gasteiger partial charge on any atom is -0.383 e. The first kappa shape index (κ1) is 19.1. The maximum Gasteiger partial charge on any atom is 0.333 e. The number of nitrogens with zero attached hydrogens (tertiary/aromatic N) is 5. The Morgan fingerprint density at radius 3 is 2.69 bits per heavy atom. The minimum atomic E-state index is -0.110. The van der Waals surface area contributed by atoms with Gasteiger partial charge in [0.1, 0.15) is 5.82 Å². The van der Waals surface area contributed by atoms with Crippen LogP contribution in [0.4, 0.5) is 5.82 Å². The summed E-state index contributed by atoms with van der Waals surface area (Å²) in [5.74, 6) is 0.846. The Kier molecular flexibility index (Phi) is 4.84. The van der Waals surface area contributed by atoms with Gasteiger partial charge < -0.3 is 9.64 Å². The van der Waals surface area contributed by atoms with Crippen LogP contribution in [0.1, 0.15) is 11.3 Å². The first-order valence-electron chi connectivity index (χ1n) is 9.57. The van der Waals surface area contributed by atoms with Crippen LogP contribution in [-0.4, -0.2) is 46.4 Å². The van der Waals surface area contributed by atoms with E-state index in [0.29, 0.717) is 6.61 Å². The zero-order chi connectivity index (χ0) is 20.7. The summed E-state index contributed by atoms with van der Waals surface area (Å²) in [6, 6.07) is 10.0. The van der Waals surface area contributed by atoms with Crippen LogP contribution in [0, 0.1) is 13.8 Å². The van der Waals surface area contributed by atoms with Gasteiger partial charge in [-0.1, -0.05) is 11.6 Å². The molecule has 0 radical (unpaired) electrons. The Hall–Kier alpha value is -3.19. The van der Waals surface area contributed by atoms with Crippen LogP contribution in [0.25, 0.3) is 27.6 Å². The number of likely N-dealkylation sites (N-methyl/N-ethyl adjacent to an activating group) is 1. The monoisotopic (exact) mass is 391 g/mol. The molecule has 7 nitrogen and oxygen atoms in total. The molecule has 3 aromatic heterocycles. The summed E-state index contributed by atoms with van der Waals surface area (Å²) in [7, 11) is 5.44. The Labute approximate surface area is 169 Å². The van der Waals surface area contributed by atoms with Crippen LogP contribution in [-0.2, 0) is 11.8 Å². The first-order valence-corrected chi connectivity index (χ1v) is 9.57. The van der Waals surface area contributed by atoms with Gasteiger partial charge in [-0.05, 0) is 38.1 Å². The van der Waals surface area contributed by atoms with Crippen molar-refractivity contribution in [3.63, 3.8) is 0 Å². The van der Waals surface area contributed by atoms with E-state index in [1.54, 1.807) is 29.5 Å². The predicted octanol–water partition coefficient (Wildman–Crippen LogP) is 2.97. The Morgan fingerprint density at radius 1 is 1.17 bits per heavy atom. The number of hydrogen-bond donors (Lipinski definition) is 0. The number of methoxy groups -OCH3 is 1. The molecule has 0 N–H and O–H groups in total. The van der Waals surface area contributed by atoms with E-state index < -0.39 is 0 Å². The van der Waals surface area contributed by atoms with Crippen LogP contribution in [0.2, 0.25) is 0 Å². The van der Waals surface area contributed by atoms with Crippen LogP contribution >= 0.6 is 0 Å². The quantitative estimate of drug-likeness (QED) is 0.523. The van der Waals surface area contributed by atoms with Crippen LogP contribution in [0.15, 0.2) is 41.3 Å². The molecule has 7 heteroatoms. The van der Waals surface area contributed by atoms with Crippen molar-refractivity contribution in [1.82, 2.24) is 19.1 Å². The molecule has 0 aliphatic rings. The van der Waals surface area contributed by atoms with Crippen molar-refractivity contribution in [1.29, 1.82) is 0 Å². The van der Waals surface area contributed by atoms with Crippen LogP contribution < -0.4 is 10.6 Å². The van der Waals surface area contributed by atoms with Gasteiger partial charge in [0.15, 0.2) is 0 Å². The summed E-state index contributed by atoms with van der Waals surface area (Å²) in [4.78, 5) is 24.5. The average molecular weight is 391 g/mol. The molecule has 0 spiro atoms. The number of fused-ring (bicyclic) bond motifs is 3. The van der Waals surface area contributed by atoms with Gasteiger partial charge in [-0.25, -0.2) is 9.78 Å². The van der Waals surface area contributed by atoms with Gasteiger partial charge in [-0.3, -0.25) is 14.1 Å². The molecule has 4 aromatic rings. The van der Waals surface area contributed by atoms with Gasteiger partial charge in [-0.2, -0.15) is 0 Å². The number of ether oxygens (including phenoxy) is 1. The van der Waals surface area contributed by atoms with Gasteiger partial charge in [0.2, 0.25) is 0 Å². The zero-order valence-electron chi connectivity index (χ0n) is 17.4. The van der Waals surface area contributed by atoms with Crippen molar-refractivity contribution in [3.8, 4) is 5.69 Å². The maximum absolute atomic E-state index is 13.2. The van der Waals surface area contributed by atoms with Crippen molar-refractivity contribution < 1.29 is 4.74 Å². The lowest BCUT2D eigenvalue weighted by Crippen LogP contribution is -2.24. The molecule has 0 aliphatic carbocycles. The molecule has 1 aromatic carbocycles. The number of aryl methyl sites for hydroxylation is 3. The summed E-state index contributed by atoms with van der Waals surface area (Å²) < 4.78 is 8.54. The van der Waals surface area contributed by atoms with E-state index in [1.165, 1.54) is 0 Å². The average Bonchev–Trinajstić information content (AvgIpc) is 2.97. The fourth-order valence-corrected chi connectivity index (χ4v) is 3.67. The van der Waals surface area contributed by atoms with Crippen molar-refractivity contribution in [2.45, 2.75) is 13.8 Å². The zero-order valence-corrected chi connectivity index (χ0v) is 17.4. The van der Waals surface area contributed by atoms with E-state index in [9.17, 15) is 4.79 Å². The van der Waals surface area contributed by atoms with Gasteiger partial charge in [0, 0.05) is 33.1 Å². The van der Waals surface area contributed by atoms with Gasteiger partial charge in [-0.15, -0.1) is 0 Å². The minimum absolute atomic E-state index is 0.110. The molecule has 0 unspecified atom stereocenters. The third kappa shape index (κ3) is 3.17. The number of pyridine rings is 2. The highest BCUT2D eigenvalue weighted by Crippen LogP contribution is 2.27. The summed E-state index contributed by atoms with van der Waals surface area (Å²) in [6.45, 7) is 5.34. The molecule has 4 rings (SSSR count). The highest BCUT2D eigenvalue weighted by atomic mass is 16.5. The van der Waals surface area contributed by atoms with Gasteiger partial charge >= 0.3 is 5.69 Å². The second-order valence-corrected chi connectivity index (χ2v) is 7.38. The maximum atomic E-state index is 13.2. The lowest BCUT2D eigenvalue weighted by atomic mass is 10.1. The van der Waals surface area contributed by atoms with Crippen molar-refractivity contribution in [3.05, 3.63) is 58.3 Å². The predicted molar refractivity (Wildman–Crippen MR) is 116 cm³/mol. The second-order valence-electron chi connectivity index (χ2n) is 7.38. The van der Waals surface area contributed by atoms with Gasteiger partial charge in [0.25, 0.3) is 0 Å². The van der Waals surface area contributed by atoms with E-state index in [0.717, 1.165) is 51.2 Å². The lowest BCUT2D eigenvalue weighted by molar-refractivity contribution is 0.206. The SMILES string of the molecule is COCCN(C)c1ccc(-n2c(=O)n(C)c3cnc4ccc(C)cc4c32)c(C)n1. The van der Waals surface area contributed by atoms with Crippen molar-refractivity contribution >= 4 is 27.8 Å². The molecular weight excluding hydrogens is 366 g/mol. The number of rotatable bonds is 5. The van der Waals surface area contributed by atoms with Crippen molar-refractivity contribution in [2.24, 2.45) is 7.05 Å². The third-order valence-electron chi connectivity index (χ3n) is 5.34. The highest BCUT2D eigenvalue weighted by Gasteiger charge is 2.18. The number of imidazole rings is 1. The summed E-state index contributed by atoms with van der Waals surface area (Å²) in [6.07, 6.45) is 1.76. The number of anilines is 1. The summed E-state index contributed by atoms with van der Waals surface area (Å²) in [5, 5.41) is 0.959. The lowest BCUT2D eigenvalue weighted by Gasteiger charge is -2.19. The number of hydrogen-bond acceptors (Lipinski definition) is 5. The van der Waals surface area contributed by atoms with E-state index in [4.69, 9.17) is 9.72 Å². The molecular formula is C22H25N5O2. The second kappa shape index (κ2) is 7.33. The fraction of sp³-hybridized carbons (Fsp3) is 0.318. The third-order valence-corrected chi connectivity index (χ3v) is 5.34. The van der Waals surface area contributed by atoms with E-state index in [2.05, 4.69) is 11.1 Å². The first-order chi connectivity index (χ1) is 13.9. The largest absolute Gasteiger partial charge is 0.383 e. The molecule has 0 atom stereocenters. The molecule has 29 heavy (non-hydrogen) atoms. The van der Waals surface area contributed by atoms with E-state index in [1.807, 2.05) is 50.1 Å². The number of benzene rings is 1. The molecule has 0 saturated heterocycles. The van der Waals surface area contributed by atoms with E-state index >= 15 is 0 Å². The topological polar surface area (TPSA) is 65.2 Å². The molecule has 0 aliphatic heterocycles. The van der Waals surface area contributed by atoms with Crippen molar-refractivity contribution in [2.75, 3.05) is 32.2 Å². The molecule has 150 valence electrons. The molecule has 0 amide bonds. The normalized spacial score (nSPS) is 11.5. The Balaban J connectivity index is 1.95. The van der Waals surface area contributed by atoms with Crippen LogP contribution in [0.3, 0.4) is 0 Å². The smallest absolute Gasteiger partial charge is 0.333 e. The summed E-state index contributed by atoms with van der Waals surface area (Å²) >= 11 is 0. The number of aromatic nitrogens is 4. The molecule has 0 fully saturated rings.